The van der Waals surface area contributed by atoms with Gasteiger partial charge in [-0.15, -0.1) is 0 Å². The lowest BCUT2D eigenvalue weighted by atomic mass is 9.83. The number of hydrogen-bond donors (Lipinski definition) is 3. The van der Waals surface area contributed by atoms with Crippen molar-refractivity contribution < 1.29 is 9.90 Å². The Morgan fingerprint density at radius 3 is 2.78 bits per heavy atom. The SMILES string of the molecule is Cc1cc(C)n(CC2(CNC(=O)[C@H]3CC[C@@H](O)[C@H](N)C3)CC2)n1. The van der Waals surface area contributed by atoms with Crippen molar-refractivity contribution in [3.63, 3.8) is 0 Å². The van der Waals surface area contributed by atoms with Gasteiger partial charge < -0.3 is 16.2 Å². The van der Waals surface area contributed by atoms with Gasteiger partial charge in [-0.25, -0.2) is 0 Å². The van der Waals surface area contributed by atoms with Crippen LogP contribution in [0, 0.1) is 25.2 Å². The fraction of sp³-hybridized carbons (Fsp3) is 0.765. The van der Waals surface area contributed by atoms with Crippen molar-refractivity contribution in [3.05, 3.63) is 17.5 Å². The van der Waals surface area contributed by atoms with Gasteiger partial charge in [0.05, 0.1) is 11.8 Å². The van der Waals surface area contributed by atoms with Crippen LogP contribution in [-0.4, -0.2) is 39.5 Å². The number of nitrogens with one attached hydrogen (secondary N) is 1. The molecule has 0 aliphatic heterocycles. The van der Waals surface area contributed by atoms with Crippen molar-refractivity contribution in [2.24, 2.45) is 17.1 Å². The monoisotopic (exact) mass is 320 g/mol. The van der Waals surface area contributed by atoms with E-state index < -0.39 is 6.10 Å². The summed E-state index contributed by atoms with van der Waals surface area (Å²) in [5.41, 5.74) is 8.25. The van der Waals surface area contributed by atoms with Crippen LogP contribution in [0.2, 0.25) is 0 Å². The van der Waals surface area contributed by atoms with Crippen LogP contribution < -0.4 is 11.1 Å². The van der Waals surface area contributed by atoms with Crippen LogP contribution in [0.1, 0.15) is 43.5 Å². The zero-order valence-corrected chi connectivity index (χ0v) is 14.1. The number of aromatic nitrogens is 2. The molecule has 2 fully saturated rings. The normalized spacial score (nSPS) is 29.3. The molecular formula is C17H28N4O2. The molecule has 0 unspecified atom stereocenters. The molecule has 1 heterocycles. The minimum atomic E-state index is -0.458. The van der Waals surface area contributed by atoms with Crippen molar-refractivity contribution >= 4 is 5.91 Å². The van der Waals surface area contributed by atoms with Crippen LogP contribution in [0.3, 0.4) is 0 Å². The molecule has 2 aliphatic carbocycles. The third kappa shape index (κ3) is 3.75. The number of nitrogens with zero attached hydrogens (tertiary/aromatic N) is 2. The van der Waals surface area contributed by atoms with Crippen molar-refractivity contribution in [1.29, 1.82) is 0 Å². The second-order valence-electron chi connectivity index (χ2n) is 7.54. The Kier molecular flexibility index (Phi) is 4.47. The number of rotatable bonds is 5. The summed E-state index contributed by atoms with van der Waals surface area (Å²) in [6.45, 7) is 5.66. The van der Waals surface area contributed by atoms with E-state index in [1.165, 1.54) is 5.69 Å². The lowest BCUT2D eigenvalue weighted by Crippen LogP contribution is -2.45. The van der Waals surface area contributed by atoms with Gasteiger partial charge in [-0.1, -0.05) is 0 Å². The Bertz CT molecular complexity index is 579. The van der Waals surface area contributed by atoms with E-state index in [9.17, 15) is 9.90 Å². The zero-order chi connectivity index (χ0) is 16.6. The average Bonchev–Trinajstić information content (AvgIpc) is 3.19. The fourth-order valence-corrected chi connectivity index (χ4v) is 3.57. The molecule has 2 aliphatic rings. The van der Waals surface area contributed by atoms with Crippen LogP contribution in [0.25, 0.3) is 0 Å². The summed E-state index contributed by atoms with van der Waals surface area (Å²) in [4.78, 5) is 12.4. The Hall–Kier alpha value is -1.40. The van der Waals surface area contributed by atoms with Crippen molar-refractivity contribution in [1.82, 2.24) is 15.1 Å². The molecule has 23 heavy (non-hydrogen) atoms. The van der Waals surface area contributed by atoms with Gasteiger partial charge in [0.1, 0.15) is 0 Å². The first-order valence-corrected chi connectivity index (χ1v) is 8.61. The molecule has 0 spiro atoms. The first-order valence-electron chi connectivity index (χ1n) is 8.61. The quantitative estimate of drug-likeness (QED) is 0.751. The van der Waals surface area contributed by atoms with Gasteiger partial charge in [-0.3, -0.25) is 9.48 Å². The van der Waals surface area contributed by atoms with Crippen LogP contribution in [-0.2, 0) is 11.3 Å². The highest BCUT2D eigenvalue weighted by atomic mass is 16.3. The first kappa shape index (κ1) is 16.5. The van der Waals surface area contributed by atoms with Gasteiger partial charge in [0, 0.05) is 36.2 Å². The number of aliphatic hydroxyl groups is 1. The van der Waals surface area contributed by atoms with E-state index in [0.29, 0.717) is 19.4 Å². The third-order valence-corrected chi connectivity index (χ3v) is 5.42. The van der Waals surface area contributed by atoms with Gasteiger partial charge in [0.25, 0.3) is 0 Å². The van der Waals surface area contributed by atoms with Crippen molar-refractivity contribution in [2.45, 2.75) is 64.6 Å². The smallest absolute Gasteiger partial charge is 0.223 e. The summed E-state index contributed by atoms with van der Waals surface area (Å²) < 4.78 is 2.06. The standard InChI is InChI=1S/C17H28N4O2/c1-11-7-12(2)21(20-11)10-17(5-6-17)9-19-16(23)13-3-4-15(22)14(18)8-13/h7,13-15,22H,3-6,8-10,18H2,1-2H3,(H,19,23)/t13-,14+,15+/m0/s1. The van der Waals surface area contributed by atoms with Gasteiger partial charge in [0.15, 0.2) is 0 Å². The third-order valence-electron chi connectivity index (χ3n) is 5.42. The zero-order valence-electron chi connectivity index (χ0n) is 14.1. The summed E-state index contributed by atoms with van der Waals surface area (Å²) in [5, 5.41) is 17.3. The number of aliphatic hydroxyl groups excluding tert-OH is 1. The van der Waals surface area contributed by atoms with Crippen LogP contribution in [0.5, 0.6) is 0 Å². The maximum atomic E-state index is 12.4. The minimum Gasteiger partial charge on any atom is -0.392 e. The second-order valence-corrected chi connectivity index (χ2v) is 7.54. The summed E-state index contributed by atoms with van der Waals surface area (Å²) in [5.74, 6) is 0.0323. The number of carbonyl (C=O) groups excluding carboxylic acids is 1. The minimum absolute atomic E-state index is 0.0575. The molecule has 0 aromatic carbocycles. The number of aryl methyl sites for hydroxylation is 2. The highest BCUT2D eigenvalue weighted by Gasteiger charge is 2.44. The summed E-state index contributed by atoms with van der Waals surface area (Å²) in [6.07, 6.45) is 3.74. The number of amides is 1. The number of carbonyl (C=O) groups is 1. The molecule has 2 saturated carbocycles. The van der Waals surface area contributed by atoms with E-state index in [-0.39, 0.29) is 23.3 Å². The largest absolute Gasteiger partial charge is 0.392 e. The predicted octanol–water partition coefficient (Wildman–Crippen LogP) is 0.885. The maximum absolute atomic E-state index is 12.4. The van der Waals surface area contributed by atoms with Crippen LogP contribution >= 0.6 is 0 Å². The molecular weight excluding hydrogens is 292 g/mol. The van der Waals surface area contributed by atoms with E-state index in [0.717, 1.165) is 31.5 Å². The van der Waals surface area contributed by atoms with E-state index >= 15 is 0 Å². The van der Waals surface area contributed by atoms with Crippen LogP contribution in [0.4, 0.5) is 0 Å². The van der Waals surface area contributed by atoms with Gasteiger partial charge in [0.2, 0.25) is 5.91 Å². The fourth-order valence-electron chi connectivity index (χ4n) is 3.57. The number of hydrogen-bond acceptors (Lipinski definition) is 4. The van der Waals surface area contributed by atoms with E-state index in [4.69, 9.17) is 5.73 Å². The Labute approximate surface area is 137 Å². The lowest BCUT2D eigenvalue weighted by Gasteiger charge is -2.30. The molecule has 0 bridgehead atoms. The highest BCUT2D eigenvalue weighted by Crippen LogP contribution is 2.46. The molecule has 4 N–H and O–H groups in total. The molecule has 1 aromatic heterocycles. The van der Waals surface area contributed by atoms with Gasteiger partial charge in [-0.05, 0) is 52.0 Å². The molecule has 0 saturated heterocycles. The molecule has 128 valence electrons. The topological polar surface area (TPSA) is 93.2 Å². The second kappa shape index (κ2) is 6.24. The van der Waals surface area contributed by atoms with E-state index in [2.05, 4.69) is 28.1 Å². The van der Waals surface area contributed by atoms with Gasteiger partial charge >= 0.3 is 0 Å². The van der Waals surface area contributed by atoms with E-state index in [1.807, 2.05) is 6.92 Å². The highest BCUT2D eigenvalue weighted by molar-refractivity contribution is 5.78. The maximum Gasteiger partial charge on any atom is 0.223 e. The molecule has 6 nitrogen and oxygen atoms in total. The summed E-state index contributed by atoms with van der Waals surface area (Å²) >= 11 is 0. The molecule has 1 amide bonds. The Balaban J connectivity index is 1.51. The predicted molar refractivity (Wildman–Crippen MR) is 87.7 cm³/mol. The van der Waals surface area contributed by atoms with Crippen molar-refractivity contribution in [2.75, 3.05) is 6.54 Å². The lowest BCUT2D eigenvalue weighted by molar-refractivity contribution is -0.127. The molecule has 3 atom stereocenters. The summed E-state index contributed by atoms with van der Waals surface area (Å²) in [7, 11) is 0. The first-order chi connectivity index (χ1) is 10.9. The summed E-state index contributed by atoms with van der Waals surface area (Å²) in [6, 6.07) is 1.81. The Morgan fingerprint density at radius 1 is 1.48 bits per heavy atom. The van der Waals surface area contributed by atoms with Crippen molar-refractivity contribution in [3.8, 4) is 0 Å². The average molecular weight is 320 g/mol. The number of nitrogens with two attached hydrogens (primary N) is 1. The van der Waals surface area contributed by atoms with E-state index in [1.54, 1.807) is 0 Å². The molecule has 6 heteroatoms. The molecule has 3 rings (SSSR count). The molecule has 1 aromatic rings. The Morgan fingerprint density at radius 2 is 2.22 bits per heavy atom. The van der Waals surface area contributed by atoms with Gasteiger partial charge in [-0.2, -0.15) is 5.10 Å². The van der Waals surface area contributed by atoms with Crippen LogP contribution in [0.15, 0.2) is 6.07 Å². The molecule has 0 radical (unpaired) electrons.